The zero-order chi connectivity index (χ0) is 14.7. The monoisotopic (exact) mass is 280 g/mol. The summed E-state index contributed by atoms with van der Waals surface area (Å²) in [5, 5.41) is 14.6. The standard InChI is InChI=1S/C14H17FN2O3/c1-8-4-5-16-12(6-8)13(18)17-11-7-9(15)2-3-10(11)14(19)20/h2-3,7-8,12,16H,4-6H2,1H3,(H,17,18)(H,19,20). The molecule has 1 aliphatic rings. The van der Waals surface area contributed by atoms with E-state index in [-0.39, 0.29) is 23.2 Å². The third kappa shape index (κ3) is 3.33. The number of carbonyl (C=O) groups is 2. The molecule has 0 spiro atoms. The van der Waals surface area contributed by atoms with E-state index in [4.69, 9.17) is 5.11 Å². The number of hydrogen-bond acceptors (Lipinski definition) is 3. The second-order valence-corrected chi connectivity index (χ2v) is 5.12. The van der Waals surface area contributed by atoms with Crippen LogP contribution in [0.3, 0.4) is 0 Å². The molecule has 1 amide bonds. The molecule has 3 N–H and O–H groups in total. The number of carboxylic acid groups (broad SMARTS) is 1. The quantitative estimate of drug-likeness (QED) is 0.789. The highest BCUT2D eigenvalue weighted by atomic mass is 19.1. The van der Waals surface area contributed by atoms with E-state index < -0.39 is 11.8 Å². The van der Waals surface area contributed by atoms with Crippen LogP contribution in [0.1, 0.15) is 30.1 Å². The summed E-state index contributed by atoms with van der Waals surface area (Å²) < 4.78 is 13.2. The predicted octanol–water partition coefficient (Wildman–Crippen LogP) is 1.85. The Kier molecular flexibility index (Phi) is 4.34. The molecule has 2 unspecified atom stereocenters. The lowest BCUT2D eigenvalue weighted by Gasteiger charge is -2.27. The van der Waals surface area contributed by atoms with Gasteiger partial charge >= 0.3 is 5.97 Å². The molecule has 20 heavy (non-hydrogen) atoms. The first-order chi connectivity index (χ1) is 9.47. The van der Waals surface area contributed by atoms with Gasteiger partial charge in [-0.3, -0.25) is 4.79 Å². The Hall–Kier alpha value is -1.95. The van der Waals surface area contributed by atoms with E-state index in [1.807, 2.05) is 0 Å². The van der Waals surface area contributed by atoms with Gasteiger partial charge in [0.1, 0.15) is 5.82 Å². The molecule has 1 saturated heterocycles. The van der Waals surface area contributed by atoms with Gasteiger partial charge in [-0.15, -0.1) is 0 Å². The van der Waals surface area contributed by atoms with Crippen LogP contribution in [-0.2, 0) is 4.79 Å². The average molecular weight is 280 g/mol. The van der Waals surface area contributed by atoms with Gasteiger partial charge < -0.3 is 15.7 Å². The van der Waals surface area contributed by atoms with Crippen molar-refractivity contribution in [3.8, 4) is 0 Å². The molecular formula is C14H17FN2O3. The topological polar surface area (TPSA) is 78.4 Å². The maximum atomic E-state index is 13.2. The van der Waals surface area contributed by atoms with Crippen LogP contribution in [0, 0.1) is 11.7 Å². The summed E-state index contributed by atoms with van der Waals surface area (Å²) >= 11 is 0. The van der Waals surface area contributed by atoms with E-state index in [1.54, 1.807) is 0 Å². The Bertz CT molecular complexity index is 533. The molecule has 0 bridgehead atoms. The summed E-state index contributed by atoms with van der Waals surface area (Å²) in [6, 6.07) is 2.85. The normalized spacial score (nSPS) is 22.3. The molecule has 1 heterocycles. The van der Waals surface area contributed by atoms with Crippen LogP contribution in [0.5, 0.6) is 0 Å². The van der Waals surface area contributed by atoms with Crippen LogP contribution in [0.4, 0.5) is 10.1 Å². The van der Waals surface area contributed by atoms with E-state index in [0.717, 1.165) is 31.2 Å². The Morgan fingerprint density at radius 3 is 2.85 bits per heavy atom. The lowest BCUT2D eigenvalue weighted by Crippen LogP contribution is -2.45. The van der Waals surface area contributed by atoms with Gasteiger partial charge in [0.15, 0.2) is 0 Å². The van der Waals surface area contributed by atoms with E-state index in [0.29, 0.717) is 12.3 Å². The predicted molar refractivity (Wildman–Crippen MR) is 72.2 cm³/mol. The molecule has 1 aromatic rings. The highest BCUT2D eigenvalue weighted by molar-refractivity contribution is 6.02. The van der Waals surface area contributed by atoms with Gasteiger partial charge in [0.2, 0.25) is 5.91 Å². The molecule has 5 nitrogen and oxygen atoms in total. The van der Waals surface area contributed by atoms with Crippen LogP contribution in [-0.4, -0.2) is 29.6 Å². The molecular weight excluding hydrogens is 263 g/mol. The number of benzene rings is 1. The minimum absolute atomic E-state index is 0.0115. The van der Waals surface area contributed by atoms with Crippen molar-refractivity contribution in [2.45, 2.75) is 25.8 Å². The number of aromatic carboxylic acids is 1. The Morgan fingerprint density at radius 2 is 2.20 bits per heavy atom. The number of carbonyl (C=O) groups excluding carboxylic acids is 1. The van der Waals surface area contributed by atoms with Gasteiger partial charge in [-0.2, -0.15) is 0 Å². The van der Waals surface area contributed by atoms with Gasteiger partial charge in [-0.1, -0.05) is 6.92 Å². The molecule has 2 rings (SSSR count). The number of rotatable bonds is 3. The molecule has 1 aliphatic heterocycles. The summed E-state index contributed by atoms with van der Waals surface area (Å²) in [5.41, 5.74) is -0.133. The van der Waals surface area contributed by atoms with E-state index >= 15 is 0 Å². The van der Waals surface area contributed by atoms with Gasteiger partial charge in [0, 0.05) is 0 Å². The molecule has 0 radical (unpaired) electrons. The van der Waals surface area contributed by atoms with Crippen molar-refractivity contribution in [1.29, 1.82) is 0 Å². The van der Waals surface area contributed by atoms with Crippen molar-refractivity contribution in [2.75, 3.05) is 11.9 Å². The van der Waals surface area contributed by atoms with Crippen molar-refractivity contribution < 1.29 is 19.1 Å². The number of carboxylic acids is 1. The first kappa shape index (κ1) is 14.5. The number of anilines is 1. The maximum absolute atomic E-state index is 13.2. The average Bonchev–Trinajstić information content (AvgIpc) is 2.38. The minimum atomic E-state index is -1.20. The Labute approximate surface area is 116 Å². The van der Waals surface area contributed by atoms with E-state index in [2.05, 4.69) is 17.6 Å². The Morgan fingerprint density at radius 1 is 1.45 bits per heavy atom. The summed E-state index contributed by atoms with van der Waals surface area (Å²) in [4.78, 5) is 23.2. The second kappa shape index (κ2) is 6.00. The highest BCUT2D eigenvalue weighted by Crippen LogP contribution is 2.20. The van der Waals surface area contributed by atoms with Crippen LogP contribution in [0.25, 0.3) is 0 Å². The van der Waals surface area contributed by atoms with Crippen LogP contribution >= 0.6 is 0 Å². The number of nitrogens with one attached hydrogen (secondary N) is 2. The van der Waals surface area contributed by atoms with Crippen molar-refractivity contribution in [3.63, 3.8) is 0 Å². The SMILES string of the molecule is CC1CCNC(C(=O)Nc2cc(F)ccc2C(=O)O)C1. The number of hydrogen-bond donors (Lipinski definition) is 3. The minimum Gasteiger partial charge on any atom is -0.478 e. The van der Waals surface area contributed by atoms with Crippen molar-refractivity contribution in [3.05, 3.63) is 29.6 Å². The summed E-state index contributed by atoms with van der Waals surface area (Å²) in [7, 11) is 0. The Balaban J connectivity index is 2.14. The van der Waals surface area contributed by atoms with E-state index in [1.165, 1.54) is 0 Å². The molecule has 1 aromatic carbocycles. The van der Waals surface area contributed by atoms with Crippen molar-refractivity contribution in [1.82, 2.24) is 5.32 Å². The van der Waals surface area contributed by atoms with E-state index in [9.17, 15) is 14.0 Å². The van der Waals surface area contributed by atoms with Crippen molar-refractivity contribution >= 4 is 17.6 Å². The number of piperidine rings is 1. The number of halogens is 1. The fraction of sp³-hybridized carbons (Fsp3) is 0.429. The third-order valence-electron chi connectivity index (χ3n) is 3.45. The van der Waals surface area contributed by atoms with Gasteiger partial charge in [-0.25, -0.2) is 9.18 Å². The highest BCUT2D eigenvalue weighted by Gasteiger charge is 2.25. The summed E-state index contributed by atoms with van der Waals surface area (Å²) in [6.45, 7) is 2.81. The molecule has 6 heteroatoms. The largest absolute Gasteiger partial charge is 0.478 e. The zero-order valence-electron chi connectivity index (χ0n) is 11.1. The summed E-state index contributed by atoms with van der Waals surface area (Å²) in [5.74, 6) is -1.69. The van der Waals surface area contributed by atoms with Crippen LogP contribution < -0.4 is 10.6 Å². The summed E-state index contributed by atoms with van der Waals surface area (Å²) in [6.07, 6.45) is 1.69. The van der Waals surface area contributed by atoms with Crippen LogP contribution in [0.2, 0.25) is 0 Å². The zero-order valence-corrected chi connectivity index (χ0v) is 11.1. The van der Waals surface area contributed by atoms with Gasteiger partial charge in [0.05, 0.1) is 17.3 Å². The second-order valence-electron chi connectivity index (χ2n) is 5.12. The third-order valence-corrected chi connectivity index (χ3v) is 3.45. The van der Waals surface area contributed by atoms with Gasteiger partial charge in [-0.05, 0) is 43.5 Å². The lowest BCUT2D eigenvalue weighted by molar-refractivity contribution is -0.119. The fourth-order valence-corrected chi connectivity index (χ4v) is 2.33. The molecule has 108 valence electrons. The van der Waals surface area contributed by atoms with Crippen LogP contribution in [0.15, 0.2) is 18.2 Å². The number of amides is 1. The van der Waals surface area contributed by atoms with Crippen molar-refractivity contribution in [2.24, 2.45) is 5.92 Å². The first-order valence-electron chi connectivity index (χ1n) is 6.54. The molecule has 2 atom stereocenters. The van der Waals surface area contributed by atoms with Gasteiger partial charge in [0.25, 0.3) is 0 Å². The molecule has 1 fully saturated rings. The molecule has 0 saturated carbocycles. The molecule has 0 aliphatic carbocycles. The maximum Gasteiger partial charge on any atom is 0.337 e. The molecule has 0 aromatic heterocycles. The smallest absolute Gasteiger partial charge is 0.337 e. The first-order valence-corrected chi connectivity index (χ1v) is 6.54. The fourth-order valence-electron chi connectivity index (χ4n) is 2.33. The lowest BCUT2D eigenvalue weighted by atomic mass is 9.94.